The van der Waals surface area contributed by atoms with Gasteiger partial charge in [0.25, 0.3) is 0 Å². The number of fused-ring (bicyclic) bond motifs is 8. The molecule has 0 saturated heterocycles. The van der Waals surface area contributed by atoms with Crippen LogP contribution in [-0.4, -0.2) is 0 Å². The van der Waals surface area contributed by atoms with Crippen LogP contribution in [0.1, 0.15) is 0 Å². The molecule has 2 nitrogen and oxygen atoms in total. The molecule has 234 valence electrons. The van der Waals surface area contributed by atoms with Gasteiger partial charge >= 0.3 is 0 Å². The summed E-state index contributed by atoms with van der Waals surface area (Å²) < 4.78 is 6.41. The van der Waals surface area contributed by atoms with Crippen molar-refractivity contribution >= 4 is 71.3 Å². The third-order valence-electron chi connectivity index (χ3n) is 10.0. The number of para-hydroxylation sites is 2. The molecule has 0 bridgehead atoms. The topological polar surface area (TPSA) is 16.4 Å². The minimum atomic E-state index is 0.908. The van der Waals surface area contributed by atoms with Gasteiger partial charge in [0.2, 0.25) is 0 Å². The Morgan fingerprint density at radius 3 is 1.78 bits per heavy atom. The lowest BCUT2D eigenvalue weighted by Gasteiger charge is -2.28. The van der Waals surface area contributed by atoms with Crippen LogP contribution in [-0.2, 0) is 0 Å². The van der Waals surface area contributed by atoms with Crippen LogP contribution in [0.2, 0.25) is 0 Å². The third kappa shape index (κ3) is 4.57. The summed E-state index contributed by atoms with van der Waals surface area (Å²) in [4.78, 5) is 2.40. The second kappa shape index (κ2) is 11.5. The molecule has 1 heterocycles. The van der Waals surface area contributed by atoms with Crippen LogP contribution in [0.3, 0.4) is 0 Å². The maximum Gasteiger partial charge on any atom is 0.136 e. The predicted molar refractivity (Wildman–Crippen MR) is 212 cm³/mol. The van der Waals surface area contributed by atoms with E-state index in [1.165, 1.54) is 48.8 Å². The van der Waals surface area contributed by atoms with Gasteiger partial charge in [-0.15, -0.1) is 0 Å². The summed E-state index contributed by atoms with van der Waals surface area (Å²) in [7, 11) is 0. The van der Waals surface area contributed by atoms with Crippen LogP contribution in [0.5, 0.6) is 0 Å². The SMILES string of the molecule is c1ccc(-c2ccccc2N(c2ccc(-c3cc4oc5ccccc5c4c4ccccc34)cc2)c2ccc3ccc4ccccc4c3c2)cc1. The summed E-state index contributed by atoms with van der Waals surface area (Å²) in [6, 6.07) is 67.5. The van der Waals surface area contributed by atoms with Gasteiger partial charge in [-0.1, -0.05) is 146 Å². The van der Waals surface area contributed by atoms with E-state index < -0.39 is 0 Å². The van der Waals surface area contributed by atoms with E-state index in [0.29, 0.717) is 0 Å². The van der Waals surface area contributed by atoms with E-state index in [-0.39, 0.29) is 0 Å². The van der Waals surface area contributed by atoms with Crippen molar-refractivity contribution in [2.75, 3.05) is 4.90 Å². The maximum atomic E-state index is 6.41. The van der Waals surface area contributed by atoms with Crippen molar-refractivity contribution < 1.29 is 4.42 Å². The first-order valence-corrected chi connectivity index (χ1v) is 17.1. The van der Waals surface area contributed by atoms with Gasteiger partial charge < -0.3 is 9.32 Å². The fourth-order valence-corrected chi connectivity index (χ4v) is 7.70. The zero-order valence-corrected chi connectivity index (χ0v) is 27.3. The molecular formula is C48H31NO. The molecule has 0 saturated carbocycles. The number of hydrogen-bond acceptors (Lipinski definition) is 2. The highest BCUT2D eigenvalue weighted by atomic mass is 16.3. The van der Waals surface area contributed by atoms with Crippen molar-refractivity contribution in [1.29, 1.82) is 0 Å². The smallest absolute Gasteiger partial charge is 0.136 e. The number of benzene rings is 9. The molecule has 0 aliphatic heterocycles. The van der Waals surface area contributed by atoms with E-state index in [1.54, 1.807) is 0 Å². The Hall–Kier alpha value is -6.64. The van der Waals surface area contributed by atoms with Crippen LogP contribution in [0, 0.1) is 0 Å². The molecular weight excluding hydrogens is 607 g/mol. The van der Waals surface area contributed by atoms with E-state index in [4.69, 9.17) is 4.42 Å². The standard InChI is InChI=1S/C48H31NO/c1-2-12-32(13-3-1)39-16-8-10-20-45(39)49(37-29-26-34-23-22-33-14-4-5-15-38(33)43(34)30-37)36-27-24-35(25-28-36)44-31-47-48(41-18-7-6-17-40(41)44)42-19-9-11-21-46(42)50-47/h1-31H. The first-order valence-electron chi connectivity index (χ1n) is 17.1. The van der Waals surface area contributed by atoms with E-state index in [9.17, 15) is 0 Å². The summed E-state index contributed by atoms with van der Waals surface area (Å²) >= 11 is 0. The van der Waals surface area contributed by atoms with Crippen molar-refractivity contribution in [2.24, 2.45) is 0 Å². The normalized spacial score (nSPS) is 11.6. The molecule has 0 atom stereocenters. The van der Waals surface area contributed by atoms with Gasteiger partial charge in [0, 0.05) is 27.7 Å². The first-order chi connectivity index (χ1) is 24.8. The molecule has 0 aliphatic rings. The Bertz CT molecular complexity index is 2870. The van der Waals surface area contributed by atoms with Gasteiger partial charge in [0.15, 0.2) is 0 Å². The van der Waals surface area contributed by atoms with E-state index in [2.05, 4.69) is 187 Å². The Balaban J connectivity index is 1.17. The van der Waals surface area contributed by atoms with Gasteiger partial charge in [-0.3, -0.25) is 0 Å². The summed E-state index contributed by atoms with van der Waals surface area (Å²) in [5.74, 6) is 0. The van der Waals surface area contributed by atoms with Gasteiger partial charge in [0.05, 0.1) is 5.69 Å². The molecule has 50 heavy (non-hydrogen) atoms. The average molecular weight is 638 g/mol. The van der Waals surface area contributed by atoms with Crippen molar-refractivity contribution in [1.82, 2.24) is 0 Å². The molecule has 2 heteroatoms. The molecule has 0 fully saturated rings. The molecule has 0 aliphatic carbocycles. The number of anilines is 3. The lowest BCUT2D eigenvalue weighted by atomic mass is 9.94. The van der Waals surface area contributed by atoms with Gasteiger partial charge in [-0.05, 0) is 91.5 Å². The van der Waals surface area contributed by atoms with Crippen molar-refractivity contribution in [3.05, 3.63) is 188 Å². The molecule has 10 aromatic rings. The van der Waals surface area contributed by atoms with Crippen molar-refractivity contribution in [3.8, 4) is 22.3 Å². The quantitative estimate of drug-likeness (QED) is 0.175. The molecule has 0 radical (unpaired) electrons. The summed E-state index contributed by atoms with van der Waals surface area (Å²) in [6.45, 7) is 0. The van der Waals surface area contributed by atoms with Crippen LogP contribution >= 0.6 is 0 Å². The van der Waals surface area contributed by atoms with E-state index in [1.807, 2.05) is 6.07 Å². The van der Waals surface area contributed by atoms with Crippen LogP contribution in [0.4, 0.5) is 17.1 Å². The summed E-state index contributed by atoms with van der Waals surface area (Å²) in [6.07, 6.45) is 0. The zero-order valence-electron chi connectivity index (χ0n) is 27.3. The predicted octanol–water partition coefficient (Wildman–Crippen LogP) is 13.8. The fourth-order valence-electron chi connectivity index (χ4n) is 7.70. The van der Waals surface area contributed by atoms with Gasteiger partial charge in [-0.25, -0.2) is 0 Å². The van der Waals surface area contributed by atoms with Crippen LogP contribution in [0.15, 0.2) is 192 Å². The molecule has 1 aromatic heterocycles. The Morgan fingerprint density at radius 1 is 0.340 bits per heavy atom. The minimum Gasteiger partial charge on any atom is -0.456 e. The Labute approximate surface area is 290 Å². The monoisotopic (exact) mass is 637 g/mol. The number of nitrogens with zero attached hydrogens (tertiary/aromatic N) is 1. The second-order valence-corrected chi connectivity index (χ2v) is 12.9. The molecule has 0 unspecified atom stereocenters. The highest BCUT2D eigenvalue weighted by molar-refractivity contribution is 6.22. The average Bonchev–Trinajstić information content (AvgIpc) is 3.57. The lowest BCUT2D eigenvalue weighted by molar-refractivity contribution is 0.669. The van der Waals surface area contributed by atoms with Gasteiger partial charge in [0.1, 0.15) is 11.2 Å². The third-order valence-corrected chi connectivity index (χ3v) is 10.0. The van der Waals surface area contributed by atoms with Crippen LogP contribution < -0.4 is 4.90 Å². The molecule has 10 rings (SSSR count). The minimum absolute atomic E-state index is 0.908. The molecule has 0 N–H and O–H groups in total. The number of rotatable bonds is 5. The van der Waals surface area contributed by atoms with E-state index >= 15 is 0 Å². The summed E-state index contributed by atoms with van der Waals surface area (Å²) in [5, 5.41) is 9.71. The molecule has 0 spiro atoms. The van der Waals surface area contributed by atoms with Crippen molar-refractivity contribution in [2.45, 2.75) is 0 Å². The van der Waals surface area contributed by atoms with Crippen molar-refractivity contribution in [3.63, 3.8) is 0 Å². The maximum absolute atomic E-state index is 6.41. The second-order valence-electron chi connectivity index (χ2n) is 12.9. The number of hydrogen-bond donors (Lipinski definition) is 0. The van der Waals surface area contributed by atoms with Crippen LogP contribution in [0.25, 0.3) is 76.5 Å². The zero-order chi connectivity index (χ0) is 33.0. The Morgan fingerprint density at radius 2 is 0.940 bits per heavy atom. The number of furan rings is 1. The largest absolute Gasteiger partial charge is 0.456 e. The highest BCUT2D eigenvalue weighted by Gasteiger charge is 2.19. The first kappa shape index (κ1) is 28.4. The Kier molecular flexibility index (Phi) is 6.53. The van der Waals surface area contributed by atoms with E-state index in [0.717, 1.165) is 44.7 Å². The summed E-state index contributed by atoms with van der Waals surface area (Å²) in [5.41, 5.74) is 9.81. The molecule has 9 aromatic carbocycles. The lowest BCUT2D eigenvalue weighted by Crippen LogP contribution is -2.11. The molecule has 0 amide bonds. The van der Waals surface area contributed by atoms with Gasteiger partial charge in [-0.2, -0.15) is 0 Å². The fraction of sp³-hybridized carbons (Fsp3) is 0. The highest BCUT2D eigenvalue weighted by Crippen LogP contribution is 2.44.